The third-order valence-electron chi connectivity index (χ3n) is 2.59. The van der Waals surface area contributed by atoms with Crippen molar-refractivity contribution in [3.63, 3.8) is 0 Å². The first-order valence-electron chi connectivity index (χ1n) is 5.55. The molecule has 0 radical (unpaired) electrons. The lowest BCUT2D eigenvalue weighted by Gasteiger charge is -2.03. The van der Waals surface area contributed by atoms with Crippen molar-refractivity contribution in [1.29, 1.82) is 0 Å². The average molecular weight is 293 g/mol. The molecule has 96 valence electrons. The minimum absolute atomic E-state index is 0.307. The smallest absolute Gasteiger partial charge is 0.331 e. The van der Waals surface area contributed by atoms with Crippen LogP contribution in [0.15, 0.2) is 35.7 Å². The molecule has 1 amide bonds. The number of halogens is 1. The number of thiophene rings is 1. The maximum atomic E-state index is 12.0. The fraction of sp³-hybridized carbons (Fsp3) is 0.0833. The van der Waals surface area contributed by atoms with Gasteiger partial charge in [0.2, 0.25) is 0 Å². The van der Waals surface area contributed by atoms with E-state index in [1.807, 2.05) is 17.5 Å². The number of fused-ring (bicyclic) bond motifs is 1. The molecule has 0 saturated heterocycles. The number of benzene rings is 1. The van der Waals surface area contributed by atoms with Gasteiger partial charge in [0.05, 0.1) is 12.1 Å². The van der Waals surface area contributed by atoms with Crippen LogP contribution in [0.1, 0.15) is 4.88 Å². The fourth-order valence-electron chi connectivity index (χ4n) is 1.70. The van der Waals surface area contributed by atoms with Crippen LogP contribution in [0.2, 0.25) is 5.02 Å². The van der Waals surface area contributed by atoms with Crippen LogP contribution in [0.5, 0.6) is 0 Å². The number of hydrogen-bond donors (Lipinski definition) is 1. The number of aromatic nitrogens is 3. The molecule has 1 N–H and O–H groups in total. The van der Waals surface area contributed by atoms with Crippen LogP contribution >= 0.6 is 22.9 Å². The number of carbonyl (C=O) groups excluding carboxylic acids is 1. The maximum absolute atomic E-state index is 12.0. The number of rotatable bonds is 2. The monoisotopic (exact) mass is 292 g/mol. The summed E-state index contributed by atoms with van der Waals surface area (Å²) in [7, 11) is 0. The summed E-state index contributed by atoms with van der Waals surface area (Å²) in [5.41, 5.74) is 1.23. The van der Waals surface area contributed by atoms with E-state index in [9.17, 15) is 4.79 Å². The third-order valence-corrected chi connectivity index (χ3v) is 3.71. The summed E-state index contributed by atoms with van der Waals surface area (Å²) in [6, 6.07) is 8.70. The van der Waals surface area contributed by atoms with E-state index in [1.165, 1.54) is 4.68 Å². The highest BCUT2D eigenvalue weighted by Crippen LogP contribution is 2.16. The Morgan fingerprint density at radius 3 is 3.11 bits per heavy atom. The Kier molecular flexibility index (Phi) is 3.18. The van der Waals surface area contributed by atoms with E-state index >= 15 is 0 Å². The second-order valence-corrected chi connectivity index (χ2v) is 5.34. The van der Waals surface area contributed by atoms with Crippen molar-refractivity contribution < 1.29 is 4.79 Å². The van der Waals surface area contributed by atoms with Crippen LogP contribution in [0.25, 0.3) is 11.0 Å². The first-order chi connectivity index (χ1) is 9.24. The SMILES string of the molecule is O=C(NCc1cccs1)n1nnc2cc(Cl)ccc21. The Morgan fingerprint density at radius 2 is 2.32 bits per heavy atom. The molecule has 2 heterocycles. The molecule has 0 aliphatic rings. The Balaban J connectivity index is 1.81. The lowest BCUT2D eigenvalue weighted by Crippen LogP contribution is -2.28. The molecule has 7 heteroatoms. The van der Waals surface area contributed by atoms with E-state index in [0.29, 0.717) is 22.6 Å². The van der Waals surface area contributed by atoms with Gasteiger partial charge in [0.1, 0.15) is 5.52 Å². The quantitative estimate of drug-likeness (QED) is 0.790. The molecule has 3 rings (SSSR count). The van der Waals surface area contributed by atoms with Gasteiger partial charge in [-0.05, 0) is 29.6 Å². The van der Waals surface area contributed by atoms with Gasteiger partial charge in [0.25, 0.3) is 0 Å². The molecular formula is C12H9ClN4OS. The van der Waals surface area contributed by atoms with Gasteiger partial charge in [0, 0.05) is 9.90 Å². The normalized spacial score (nSPS) is 10.8. The van der Waals surface area contributed by atoms with E-state index < -0.39 is 0 Å². The maximum Gasteiger partial charge on any atom is 0.344 e. The van der Waals surface area contributed by atoms with Gasteiger partial charge < -0.3 is 5.32 Å². The molecule has 0 atom stereocenters. The predicted octanol–water partition coefficient (Wildman–Crippen LogP) is 2.90. The van der Waals surface area contributed by atoms with Gasteiger partial charge in [-0.15, -0.1) is 16.4 Å². The zero-order valence-electron chi connectivity index (χ0n) is 9.71. The molecule has 0 aliphatic carbocycles. The molecule has 0 saturated carbocycles. The summed E-state index contributed by atoms with van der Waals surface area (Å²) in [5.74, 6) is 0. The molecular weight excluding hydrogens is 284 g/mol. The van der Waals surface area contributed by atoms with Crippen LogP contribution < -0.4 is 5.32 Å². The Labute approximate surface area is 117 Å². The third kappa shape index (κ3) is 2.45. The van der Waals surface area contributed by atoms with E-state index in [0.717, 1.165) is 4.88 Å². The highest BCUT2D eigenvalue weighted by Gasteiger charge is 2.11. The lowest BCUT2D eigenvalue weighted by molar-refractivity contribution is 0.239. The number of amides is 1. The van der Waals surface area contributed by atoms with Crippen molar-refractivity contribution in [3.8, 4) is 0 Å². The molecule has 3 aromatic rings. The van der Waals surface area contributed by atoms with Gasteiger partial charge in [-0.2, -0.15) is 4.68 Å². The molecule has 0 unspecified atom stereocenters. The van der Waals surface area contributed by atoms with Gasteiger partial charge in [-0.25, -0.2) is 4.79 Å². The second-order valence-electron chi connectivity index (χ2n) is 3.87. The average Bonchev–Trinajstić information content (AvgIpc) is 3.04. The highest BCUT2D eigenvalue weighted by molar-refractivity contribution is 7.09. The second kappa shape index (κ2) is 4.99. The summed E-state index contributed by atoms with van der Waals surface area (Å²) in [6.07, 6.45) is 0. The van der Waals surface area contributed by atoms with Crippen LogP contribution in [-0.4, -0.2) is 21.0 Å². The molecule has 0 spiro atoms. The first kappa shape index (κ1) is 12.1. The molecule has 0 fully saturated rings. The summed E-state index contributed by atoms with van der Waals surface area (Å²) in [5, 5.41) is 13.1. The zero-order chi connectivity index (χ0) is 13.2. The summed E-state index contributed by atoms with van der Waals surface area (Å²) in [4.78, 5) is 13.1. The fourth-order valence-corrected chi connectivity index (χ4v) is 2.51. The molecule has 19 heavy (non-hydrogen) atoms. The van der Waals surface area contributed by atoms with E-state index in [2.05, 4.69) is 15.6 Å². The van der Waals surface area contributed by atoms with Gasteiger partial charge in [0.15, 0.2) is 0 Å². The number of carbonyl (C=O) groups is 1. The van der Waals surface area contributed by atoms with Crippen LogP contribution in [-0.2, 0) is 6.54 Å². The predicted molar refractivity (Wildman–Crippen MR) is 74.5 cm³/mol. The van der Waals surface area contributed by atoms with Crippen molar-refractivity contribution in [2.24, 2.45) is 0 Å². The number of hydrogen-bond acceptors (Lipinski definition) is 4. The molecule has 0 aliphatic heterocycles. The molecule has 0 bridgehead atoms. The highest BCUT2D eigenvalue weighted by atomic mass is 35.5. The minimum atomic E-state index is -0.307. The van der Waals surface area contributed by atoms with Crippen LogP contribution in [0.4, 0.5) is 4.79 Å². The largest absolute Gasteiger partial charge is 0.344 e. The first-order valence-corrected chi connectivity index (χ1v) is 6.81. The van der Waals surface area contributed by atoms with Crippen molar-refractivity contribution in [3.05, 3.63) is 45.6 Å². The van der Waals surface area contributed by atoms with E-state index in [1.54, 1.807) is 29.5 Å². The summed E-state index contributed by atoms with van der Waals surface area (Å²) in [6.45, 7) is 0.478. The van der Waals surface area contributed by atoms with Gasteiger partial charge in [-0.3, -0.25) is 0 Å². The van der Waals surface area contributed by atoms with Crippen LogP contribution in [0.3, 0.4) is 0 Å². The minimum Gasteiger partial charge on any atom is -0.331 e. The number of nitrogens with one attached hydrogen (secondary N) is 1. The van der Waals surface area contributed by atoms with Crippen molar-refractivity contribution in [2.75, 3.05) is 0 Å². The molecule has 1 aromatic carbocycles. The van der Waals surface area contributed by atoms with Crippen molar-refractivity contribution >= 4 is 40.0 Å². The molecule has 2 aromatic heterocycles. The Bertz CT molecular complexity index is 722. The topological polar surface area (TPSA) is 59.8 Å². The Hall–Kier alpha value is -1.92. The van der Waals surface area contributed by atoms with Gasteiger partial charge in [-0.1, -0.05) is 22.9 Å². The van der Waals surface area contributed by atoms with Crippen molar-refractivity contribution in [1.82, 2.24) is 20.3 Å². The van der Waals surface area contributed by atoms with E-state index in [4.69, 9.17) is 11.6 Å². The Morgan fingerprint density at radius 1 is 1.42 bits per heavy atom. The van der Waals surface area contributed by atoms with Crippen LogP contribution in [0, 0.1) is 0 Å². The zero-order valence-corrected chi connectivity index (χ0v) is 11.3. The summed E-state index contributed by atoms with van der Waals surface area (Å²) < 4.78 is 1.24. The number of nitrogens with zero attached hydrogens (tertiary/aromatic N) is 3. The summed E-state index contributed by atoms with van der Waals surface area (Å²) >= 11 is 7.45. The van der Waals surface area contributed by atoms with Gasteiger partial charge >= 0.3 is 6.03 Å². The standard InChI is InChI=1S/C12H9ClN4OS/c13-8-3-4-11-10(6-8)15-16-17(11)12(18)14-7-9-2-1-5-19-9/h1-6H,7H2,(H,14,18). The lowest BCUT2D eigenvalue weighted by atomic mass is 10.3. The van der Waals surface area contributed by atoms with E-state index in [-0.39, 0.29) is 6.03 Å². The van der Waals surface area contributed by atoms with Crippen molar-refractivity contribution in [2.45, 2.75) is 6.54 Å². The molecule has 5 nitrogen and oxygen atoms in total.